The van der Waals surface area contributed by atoms with Gasteiger partial charge in [-0.05, 0) is 50.7 Å². The van der Waals surface area contributed by atoms with Gasteiger partial charge in [-0.2, -0.15) is 0 Å². The Bertz CT molecular complexity index is 335. The Balaban J connectivity index is 1.75. The molecule has 1 aromatic carbocycles. The highest BCUT2D eigenvalue weighted by Gasteiger charge is 2.10. The van der Waals surface area contributed by atoms with Gasteiger partial charge in [0, 0.05) is 13.1 Å². The molecule has 0 atom stereocenters. The van der Waals surface area contributed by atoms with E-state index < -0.39 is 0 Å². The summed E-state index contributed by atoms with van der Waals surface area (Å²) in [5.74, 6) is 0.983. The summed E-state index contributed by atoms with van der Waals surface area (Å²) >= 11 is 0. The van der Waals surface area contributed by atoms with Gasteiger partial charge < -0.3 is 10.1 Å². The predicted octanol–water partition coefficient (Wildman–Crippen LogP) is 1.88. The Morgan fingerprint density at radius 3 is 2.88 bits per heavy atom. The van der Waals surface area contributed by atoms with Crippen LogP contribution in [0.25, 0.3) is 0 Å². The normalized spacial score (nSPS) is 16.3. The minimum Gasteiger partial charge on any atom is -0.492 e. The van der Waals surface area contributed by atoms with E-state index in [2.05, 4.69) is 28.4 Å². The van der Waals surface area contributed by atoms with E-state index in [1.807, 2.05) is 13.1 Å². The lowest BCUT2D eigenvalue weighted by molar-refractivity contribution is 0.237. The highest BCUT2D eigenvalue weighted by molar-refractivity contribution is 5.28. The van der Waals surface area contributed by atoms with Gasteiger partial charge in [0.05, 0.1) is 0 Å². The van der Waals surface area contributed by atoms with Crippen molar-refractivity contribution in [2.45, 2.75) is 19.4 Å². The average molecular weight is 234 g/mol. The molecule has 1 fully saturated rings. The number of ether oxygens (including phenoxy) is 1. The van der Waals surface area contributed by atoms with Crippen LogP contribution in [0.3, 0.4) is 0 Å². The molecule has 0 spiro atoms. The summed E-state index contributed by atoms with van der Waals surface area (Å²) in [6.45, 7) is 5.22. The van der Waals surface area contributed by atoms with Crippen molar-refractivity contribution in [3.8, 4) is 5.75 Å². The molecule has 2 rings (SSSR count). The van der Waals surface area contributed by atoms with E-state index in [1.165, 1.54) is 31.5 Å². The van der Waals surface area contributed by atoms with Crippen LogP contribution >= 0.6 is 0 Å². The van der Waals surface area contributed by atoms with Crippen LogP contribution in [-0.4, -0.2) is 38.2 Å². The predicted molar refractivity (Wildman–Crippen MR) is 70.4 cm³/mol. The van der Waals surface area contributed by atoms with E-state index >= 15 is 0 Å². The first-order valence-electron chi connectivity index (χ1n) is 6.47. The highest BCUT2D eigenvalue weighted by atomic mass is 16.5. The Hall–Kier alpha value is -1.06. The SMILES string of the molecule is CNCc1cccc(OCCN2CCCC2)c1. The first kappa shape index (κ1) is 12.4. The van der Waals surface area contributed by atoms with Gasteiger partial charge >= 0.3 is 0 Å². The van der Waals surface area contributed by atoms with Crippen LogP contribution in [0.4, 0.5) is 0 Å². The van der Waals surface area contributed by atoms with Crippen molar-refractivity contribution < 1.29 is 4.74 Å². The fraction of sp³-hybridized carbons (Fsp3) is 0.571. The van der Waals surface area contributed by atoms with E-state index in [9.17, 15) is 0 Å². The molecule has 3 heteroatoms. The van der Waals surface area contributed by atoms with Crippen molar-refractivity contribution >= 4 is 0 Å². The summed E-state index contributed by atoms with van der Waals surface area (Å²) < 4.78 is 5.79. The van der Waals surface area contributed by atoms with Crippen molar-refractivity contribution in [2.75, 3.05) is 33.3 Å². The summed E-state index contributed by atoms with van der Waals surface area (Å²) in [4.78, 5) is 2.47. The number of rotatable bonds is 6. The van der Waals surface area contributed by atoms with E-state index in [4.69, 9.17) is 4.74 Å². The molecule has 1 aliphatic heterocycles. The van der Waals surface area contributed by atoms with Gasteiger partial charge in [-0.25, -0.2) is 0 Å². The molecule has 1 N–H and O–H groups in total. The molecule has 1 saturated heterocycles. The maximum Gasteiger partial charge on any atom is 0.119 e. The van der Waals surface area contributed by atoms with Crippen LogP contribution in [-0.2, 0) is 6.54 Å². The van der Waals surface area contributed by atoms with Crippen LogP contribution in [0.1, 0.15) is 18.4 Å². The second-order valence-electron chi connectivity index (χ2n) is 4.57. The second kappa shape index (κ2) is 6.62. The lowest BCUT2D eigenvalue weighted by Crippen LogP contribution is -2.25. The third kappa shape index (κ3) is 4.02. The Labute approximate surface area is 104 Å². The number of nitrogens with one attached hydrogen (secondary N) is 1. The largest absolute Gasteiger partial charge is 0.492 e. The van der Waals surface area contributed by atoms with Crippen molar-refractivity contribution in [3.05, 3.63) is 29.8 Å². The molecule has 0 radical (unpaired) electrons. The van der Waals surface area contributed by atoms with Crippen molar-refractivity contribution in [1.82, 2.24) is 10.2 Å². The van der Waals surface area contributed by atoms with E-state index in [0.29, 0.717) is 0 Å². The van der Waals surface area contributed by atoms with Crippen molar-refractivity contribution in [3.63, 3.8) is 0 Å². The molecule has 1 aliphatic rings. The average Bonchev–Trinajstić information content (AvgIpc) is 2.83. The number of benzene rings is 1. The molecule has 0 amide bonds. The van der Waals surface area contributed by atoms with Gasteiger partial charge in [0.25, 0.3) is 0 Å². The Morgan fingerprint density at radius 1 is 1.29 bits per heavy atom. The maximum atomic E-state index is 5.79. The summed E-state index contributed by atoms with van der Waals surface area (Å²) in [6, 6.07) is 8.31. The zero-order valence-corrected chi connectivity index (χ0v) is 10.6. The smallest absolute Gasteiger partial charge is 0.119 e. The third-order valence-corrected chi connectivity index (χ3v) is 3.15. The molecule has 0 saturated carbocycles. The molecule has 94 valence electrons. The zero-order valence-electron chi connectivity index (χ0n) is 10.6. The first-order chi connectivity index (χ1) is 8.38. The molecule has 0 unspecified atom stereocenters. The van der Waals surface area contributed by atoms with Crippen LogP contribution in [0.2, 0.25) is 0 Å². The Morgan fingerprint density at radius 2 is 2.12 bits per heavy atom. The quantitative estimate of drug-likeness (QED) is 0.813. The van der Waals surface area contributed by atoms with Gasteiger partial charge in [0.1, 0.15) is 12.4 Å². The fourth-order valence-electron chi connectivity index (χ4n) is 2.25. The molecule has 0 aliphatic carbocycles. The van der Waals surface area contributed by atoms with Gasteiger partial charge in [-0.3, -0.25) is 4.90 Å². The summed E-state index contributed by atoms with van der Waals surface area (Å²) in [5, 5.41) is 3.15. The van der Waals surface area contributed by atoms with Gasteiger partial charge in [0.2, 0.25) is 0 Å². The van der Waals surface area contributed by atoms with Crippen LogP contribution in [0.5, 0.6) is 5.75 Å². The van der Waals surface area contributed by atoms with Crippen LogP contribution in [0, 0.1) is 0 Å². The molecule has 3 nitrogen and oxygen atoms in total. The molecule has 1 aromatic rings. The summed E-state index contributed by atoms with van der Waals surface area (Å²) in [6.07, 6.45) is 2.69. The highest BCUT2D eigenvalue weighted by Crippen LogP contribution is 2.13. The fourth-order valence-corrected chi connectivity index (χ4v) is 2.25. The third-order valence-electron chi connectivity index (χ3n) is 3.15. The number of nitrogens with zero attached hydrogens (tertiary/aromatic N) is 1. The number of hydrogen-bond acceptors (Lipinski definition) is 3. The van der Waals surface area contributed by atoms with E-state index in [0.717, 1.165) is 25.4 Å². The topological polar surface area (TPSA) is 24.5 Å². The summed E-state index contributed by atoms with van der Waals surface area (Å²) in [7, 11) is 1.96. The van der Waals surface area contributed by atoms with Crippen molar-refractivity contribution in [2.24, 2.45) is 0 Å². The second-order valence-corrected chi connectivity index (χ2v) is 4.57. The first-order valence-corrected chi connectivity index (χ1v) is 6.47. The van der Waals surface area contributed by atoms with Gasteiger partial charge in [-0.1, -0.05) is 12.1 Å². The summed E-state index contributed by atoms with van der Waals surface area (Å²) in [5.41, 5.74) is 1.27. The number of likely N-dealkylation sites (tertiary alicyclic amines) is 1. The van der Waals surface area contributed by atoms with Crippen LogP contribution in [0.15, 0.2) is 24.3 Å². The van der Waals surface area contributed by atoms with Gasteiger partial charge in [0.15, 0.2) is 0 Å². The lowest BCUT2D eigenvalue weighted by atomic mass is 10.2. The zero-order chi connectivity index (χ0) is 11.9. The van der Waals surface area contributed by atoms with E-state index in [1.54, 1.807) is 0 Å². The monoisotopic (exact) mass is 234 g/mol. The minimum atomic E-state index is 0.795. The molecule has 0 aromatic heterocycles. The molecule has 17 heavy (non-hydrogen) atoms. The lowest BCUT2D eigenvalue weighted by Gasteiger charge is -2.15. The number of hydrogen-bond donors (Lipinski definition) is 1. The van der Waals surface area contributed by atoms with E-state index in [-0.39, 0.29) is 0 Å². The van der Waals surface area contributed by atoms with Crippen molar-refractivity contribution in [1.29, 1.82) is 0 Å². The molecule has 0 bridgehead atoms. The Kier molecular flexibility index (Phi) is 4.83. The molecular formula is C14H22N2O. The molecule has 1 heterocycles. The van der Waals surface area contributed by atoms with Crippen LogP contribution < -0.4 is 10.1 Å². The standard InChI is InChI=1S/C14H22N2O/c1-15-12-13-5-4-6-14(11-13)17-10-9-16-7-2-3-8-16/h4-6,11,15H,2-3,7-10,12H2,1H3. The van der Waals surface area contributed by atoms with Gasteiger partial charge in [-0.15, -0.1) is 0 Å². The molecular weight excluding hydrogens is 212 g/mol. The minimum absolute atomic E-state index is 0.795. The maximum absolute atomic E-state index is 5.79.